The molecular weight excluding hydrogens is 292 g/mol. The highest BCUT2D eigenvalue weighted by molar-refractivity contribution is 5.87. The van der Waals surface area contributed by atoms with Gasteiger partial charge in [0.2, 0.25) is 11.8 Å². The highest BCUT2D eigenvalue weighted by atomic mass is 16.2. The number of hydrogen-bond donors (Lipinski definition) is 0. The standard InChI is InChI=1S/C17H26N4O2/c1-12-10-13(2)21(18-12)15-6-4-8-19(11-15)17(23)16-7-5-9-20(16)14(3)22/h10,15-16H,4-9,11H2,1-3H3/t15-,16-/m0/s1. The average Bonchev–Trinajstić information content (AvgIpc) is 3.13. The van der Waals surface area contributed by atoms with Gasteiger partial charge >= 0.3 is 0 Å². The fourth-order valence-electron chi connectivity index (χ4n) is 3.98. The summed E-state index contributed by atoms with van der Waals surface area (Å²) < 4.78 is 2.06. The lowest BCUT2D eigenvalue weighted by atomic mass is 10.0. The van der Waals surface area contributed by atoms with E-state index in [-0.39, 0.29) is 23.9 Å². The lowest BCUT2D eigenvalue weighted by molar-refractivity contribution is -0.144. The van der Waals surface area contributed by atoms with Crippen LogP contribution < -0.4 is 0 Å². The highest BCUT2D eigenvalue weighted by Gasteiger charge is 2.37. The predicted molar refractivity (Wildman–Crippen MR) is 87.0 cm³/mol. The molecule has 6 nitrogen and oxygen atoms in total. The molecule has 6 heteroatoms. The Morgan fingerprint density at radius 2 is 1.91 bits per heavy atom. The van der Waals surface area contributed by atoms with Crippen molar-refractivity contribution in [3.05, 3.63) is 17.5 Å². The number of aromatic nitrogens is 2. The zero-order valence-corrected chi connectivity index (χ0v) is 14.3. The second kappa shape index (κ2) is 6.34. The Labute approximate surface area is 137 Å². The second-order valence-electron chi connectivity index (χ2n) is 6.82. The van der Waals surface area contributed by atoms with Crippen LogP contribution in [0.4, 0.5) is 0 Å². The van der Waals surface area contributed by atoms with Crippen LogP contribution in [-0.4, -0.2) is 57.1 Å². The Bertz CT molecular complexity index is 610. The Morgan fingerprint density at radius 1 is 1.17 bits per heavy atom. The van der Waals surface area contributed by atoms with E-state index in [9.17, 15) is 9.59 Å². The van der Waals surface area contributed by atoms with Crippen molar-refractivity contribution >= 4 is 11.8 Å². The molecule has 1 aromatic rings. The Balaban J connectivity index is 1.72. The van der Waals surface area contributed by atoms with Gasteiger partial charge in [-0.25, -0.2) is 0 Å². The third kappa shape index (κ3) is 3.12. The van der Waals surface area contributed by atoms with Gasteiger partial charge in [0, 0.05) is 32.3 Å². The molecule has 2 amide bonds. The molecular formula is C17H26N4O2. The SMILES string of the molecule is CC(=O)N1CCC[C@H]1C(=O)N1CCC[C@H](n2nc(C)cc2C)C1. The van der Waals surface area contributed by atoms with Crippen molar-refractivity contribution in [1.29, 1.82) is 0 Å². The fraction of sp³-hybridized carbons (Fsp3) is 0.706. The van der Waals surface area contributed by atoms with Crippen LogP contribution in [0.1, 0.15) is 50.0 Å². The van der Waals surface area contributed by atoms with Crippen molar-refractivity contribution in [2.45, 2.75) is 58.5 Å². The predicted octanol–water partition coefficient (Wildman–Crippen LogP) is 1.67. The summed E-state index contributed by atoms with van der Waals surface area (Å²) in [6, 6.07) is 2.06. The summed E-state index contributed by atoms with van der Waals surface area (Å²) in [5.41, 5.74) is 2.16. The van der Waals surface area contributed by atoms with Gasteiger partial charge in [0.1, 0.15) is 6.04 Å². The third-order valence-electron chi connectivity index (χ3n) is 5.04. The molecule has 3 rings (SSSR count). The van der Waals surface area contributed by atoms with Crippen LogP contribution in [0.3, 0.4) is 0 Å². The topological polar surface area (TPSA) is 58.4 Å². The first kappa shape index (κ1) is 16.0. The van der Waals surface area contributed by atoms with Crippen LogP contribution >= 0.6 is 0 Å². The monoisotopic (exact) mass is 318 g/mol. The number of aryl methyl sites for hydroxylation is 2. The van der Waals surface area contributed by atoms with Crippen LogP contribution in [-0.2, 0) is 9.59 Å². The van der Waals surface area contributed by atoms with E-state index in [1.165, 1.54) is 0 Å². The normalized spacial score (nSPS) is 25.0. The molecule has 23 heavy (non-hydrogen) atoms. The van der Waals surface area contributed by atoms with Crippen LogP contribution in [0.2, 0.25) is 0 Å². The maximum atomic E-state index is 12.9. The van der Waals surface area contributed by atoms with Crippen LogP contribution in [0.5, 0.6) is 0 Å². The van der Waals surface area contributed by atoms with Crippen molar-refractivity contribution in [3.8, 4) is 0 Å². The fourth-order valence-corrected chi connectivity index (χ4v) is 3.98. The summed E-state index contributed by atoms with van der Waals surface area (Å²) in [6.45, 7) is 7.81. The van der Waals surface area contributed by atoms with Gasteiger partial charge in [0.15, 0.2) is 0 Å². The molecule has 2 aliphatic heterocycles. The van der Waals surface area contributed by atoms with Crippen molar-refractivity contribution in [1.82, 2.24) is 19.6 Å². The largest absolute Gasteiger partial charge is 0.339 e. The zero-order chi connectivity index (χ0) is 16.6. The van der Waals surface area contributed by atoms with Gasteiger partial charge < -0.3 is 9.80 Å². The molecule has 0 N–H and O–H groups in total. The first-order chi connectivity index (χ1) is 11.0. The number of amides is 2. The molecule has 0 unspecified atom stereocenters. The van der Waals surface area contributed by atoms with Gasteiger partial charge in [0.25, 0.3) is 0 Å². The number of hydrogen-bond acceptors (Lipinski definition) is 3. The molecule has 0 aliphatic carbocycles. The van der Waals surface area contributed by atoms with Crippen molar-refractivity contribution in [2.75, 3.05) is 19.6 Å². The van der Waals surface area contributed by atoms with Crippen molar-refractivity contribution in [2.24, 2.45) is 0 Å². The van der Waals surface area contributed by atoms with Gasteiger partial charge in [-0.2, -0.15) is 5.10 Å². The van der Waals surface area contributed by atoms with Crippen molar-refractivity contribution in [3.63, 3.8) is 0 Å². The smallest absolute Gasteiger partial charge is 0.245 e. The third-order valence-corrected chi connectivity index (χ3v) is 5.04. The molecule has 0 aromatic carbocycles. The first-order valence-electron chi connectivity index (χ1n) is 8.56. The number of piperidine rings is 1. The number of carbonyl (C=O) groups is 2. The molecule has 1 aromatic heterocycles. The summed E-state index contributed by atoms with van der Waals surface area (Å²) in [5.74, 6) is 0.122. The van der Waals surface area contributed by atoms with Gasteiger partial charge in [-0.1, -0.05) is 0 Å². The minimum absolute atomic E-state index is 0.00737. The highest BCUT2D eigenvalue weighted by Crippen LogP contribution is 2.26. The Kier molecular flexibility index (Phi) is 4.41. The molecule has 126 valence electrons. The van der Waals surface area contributed by atoms with E-state index in [4.69, 9.17) is 0 Å². The lowest BCUT2D eigenvalue weighted by Crippen LogP contribution is -2.50. The summed E-state index contributed by atoms with van der Waals surface area (Å²) in [4.78, 5) is 28.3. The number of rotatable bonds is 2. The summed E-state index contributed by atoms with van der Waals surface area (Å²) in [7, 11) is 0. The van der Waals surface area contributed by atoms with Gasteiger partial charge in [-0.05, 0) is 45.6 Å². The van der Waals surface area contributed by atoms with Crippen LogP contribution in [0.25, 0.3) is 0 Å². The van der Waals surface area contributed by atoms with Crippen LogP contribution in [0, 0.1) is 13.8 Å². The van der Waals surface area contributed by atoms with Crippen LogP contribution in [0.15, 0.2) is 6.07 Å². The number of carbonyl (C=O) groups excluding carboxylic acids is 2. The molecule has 3 heterocycles. The molecule has 0 spiro atoms. The minimum atomic E-state index is -0.258. The molecule has 0 saturated carbocycles. The second-order valence-corrected chi connectivity index (χ2v) is 6.82. The van der Waals surface area contributed by atoms with E-state index in [0.29, 0.717) is 13.1 Å². The Morgan fingerprint density at radius 3 is 2.57 bits per heavy atom. The van der Waals surface area contributed by atoms with E-state index in [2.05, 4.69) is 22.8 Å². The lowest BCUT2D eigenvalue weighted by Gasteiger charge is -2.36. The van der Waals surface area contributed by atoms with E-state index in [1.807, 2.05) is 11.8 Å². The van der Waals surface area contributed by atoms with E-state index in [0.717, 1.165) is 43.6 Å². The number of likely N-dealkylation sites (tertiary alicyclic amines) is 2. The summed E-state index contributed by atoms with van der Waals surface area (Å²) in [6.07, 6.45) is 3.75. The summed E-state index contributed by atoms with van der Waals surface area (Å²) >= 11 is 0. The van der Waals surface area contributed by atoms with E-state index in [1.54, 1.807) is 11.8 Å². The quantitative estimate of drug-likeness (QED) is 0.833. The number of nitrogens with zero attached hydrogens (tertiary/aromatic N) is 4. The zero-order valence-electron chi connectivity index (χ0n) is 14.3. The van der Waals surface area contributed by atoms with Gasteiger partial charge in [0.05, 0.1) is 11.7 Å². The average molecular weight is 318 g/mol. The molecule has 0 bridgehead atoms. The molecule has 2 fully saturated rings. The molecule has 2 aliphatic rings. The first-order valence-corrected chi connectivity index (χ1v) is 8.56. The molecule has 2 atom stereocenters. The van der Waals surface area contributed by atoms with Crippen molar-refractivity contribution < 1.29 is 9.59 Å². The minimum Gasteiger partial charge on any atom is -0.339 e. The van der Waals surface area contributed by atoms with Gasteiger partial charge in [-0.15, -0.1) is 0 Å². The van der Waals surface area contributed by atoms with E-state index >= 15 is 0 Å². The van der Waals surface area contributed by atoms with Gasteiger partial charge in [-0.3, -0.25) is 14.3 Å². The molecule has 0 radical (unpaired) electrons. The van der Waals surface area contributed by atoms with E-state index < -0.39 is 0 Å². The molecule has 2 saturated heterocycles. The maximum absolute atomic E-state index is 12.9. The Hall–Kier alpha value is -1.85. The maximum Gasteiger partial charge on any atom is 0.245 e. The summed E-state index contributed by atoms with van der Waals surface area (Å²) in [5, 5.41) is 4.58.